The highest BCUT2D eigenvalue weighted by molar-refractivity contribution is 7.90. The van der Waals surface area contributed by atoms with Gasteiger partial charge in [0.05, 0.1) is 11.6 Å². The zero-order valence-corrected chi connectivity index (χ0v) is 15.0. The van der Waals surface area contributed by atoms with Gasteiger partial charge in [-0.2, -0.15) is 12.7 Å². The van der Waals surface area contributed by atoms with Crippen molar-refractivity contribution < 1.29 is 17.6 Å². The summed E-state index contributed by atoms with van der Waals surface area (Å²) in [6, 6.07) is 5.29. The maximum atomic E-state index is 13.0. The number of carbonyl (C=O) groups is 1. The molecule has 0 saturated carbocycles. The van der Waals surface area contributed by atoms with Crippen LogP contribution in [0.1, 0.15) is 26.7 Å². The minimum Gasteiger partial charge on any atom is -0.354 e. The van der Waals surface area contributed by atoms with E-state index in [1.54, 1.807) is 0 Å². The third-order valence-corrected chi connectivity index (χ3v) is 5.94. The van der Waals surface area contributed by atoms with Crippen molar-refractivity contribution in [3.8, 4) is 0 Å². The van der Waals surface area contributed by atoms with Crippen LogP contribution in [0.4, 0.5) is 10.1 Å². The molecule has 1 unspecified atom stereocenters. The van der Waals surface area contributed by atoms with E-state index < -0.39 is 16.0 Å². The van der Waals surface area contributed by atoms with Crippen molar-refractivity contribution >= 4 is 21.8 Å². The number of piperidine rings is 1. The fraction of sp³-hybridized carbons (Fsp3) is 0.562. The quantitative estimate of drug-likeness (QED) is 0.873. The maximum absolute atomic E-state index is 13.0. The van der Waals surface area contributed by atoms with Crippen LogP contribution in [0.15, 0.2) is 24.3 Å². The summed E-state index contributed by atoms with van der Waals surface area (Å²) in [5.74, 6) is -0.889. The molecule has 0 radical (unpaired) electrons. The Labute approximate surface area is 142 Å². The molecule has 1 fully saturated rings. The third-order valence-electron chi connectivity index (χ3n) is 4.05. The Balaban J connectivity index is 2.13. The van der Waals surface area contributed by atoms with E-state index in [-0.39, 0.29) is 24.4 Å². The van der Waals surface area contributed by atoms with Crippen LogP contribution in [0.25, 0.3) is 0 Å². The molecule has 1 N–H and O–H groups in total. The van der Waals surface area contributed by atoms with Gasteiger partial charge in [0.25, 0.3) is 0 Å². The molecule has 0 aliphatic carbocycles. The molecule has 8 heteroatoms. The van der Waals surface area contributed by atoms with Gasteiger partial charge in [-0.25, -0.2) is 4.39 Å². The van der Waals surface area contributed by atoms with Gasteiger partial charge < -0.3 is 5.32 Å². The molecule has 1 aromatic rings. The first kappa shape index (κ1) is 18.7. The lowest BCUT2D eigenvalue weighted by atomic mass is 9.98. The summed E-state index contributed by atoms with van der Waals surface area (Å²) >= 11 is 0. The summed E-state index contributed by atoms with van der Waals surface area (Å²) < 4.78 is 41.0. The average molecular weight is 357 g/mol. The third kappa shape index (κ3) is 4.24. The Bertz CT molecular complexity index is 676. The smallest absolute Gasteiger partial charge is 0.303 e. The second-order valence-electron chi connectivity index (χ2n) is 6.31. The fourth-order valence-electron chi connectivity index (χ4n) is 2.73. The van der Waals surface area contributed by atoms with Crippen molar-refractivity contribution in [2.24, 2.45) is 5.92 Å². The van der Waals surface area contributed by atoms with Crippen LogP contribution in [-0.4, -0.2) is 44.8 Å². The number of carbonyl (C=O) groups excluding carboxylic acids is 1. The number of anilines is 1. The molecule has 24 heavy (non-hydrogen) atoms. The maximum Gasteiger partial charge on any atom is 0.303 e. The zero-order chi connectivity index (χ0) is 17.9. The SMILES string of the molecule is CC(C)NC(=O)C1CCCN(S(=O)(=O)N(C)c2ccc(F)cc2)C1. The number of benzene rings is 1. The Morgan fingerprint density at radius 3 is 2.54 bits per heavy atom. The van der Waals surface area contributed by atoms with Gasteiger partial charge in [0.1, 0.15) is 5.82 Å². The molecule has 2 rings (SSSR count). The standard InChI is InChI=1S/C16H24FN3O3S/c1-12(2)18-16(21)13-5-4-10-20(11-13)24(22,23)19(3)15-8-6-14(17)7-9-15/h6-9,12-13H,4-5,10-11H2,1-3H3,(H,18,21). The van der Waals surface area contributed by atoms with Gasteiger partial charge in [0.2, 0.25) is 5.91 Å². The van der Waals surface area contributed by atoms with Crippen LogP contribution >= 0.6 is 0 Å². The summed E-state index contributed by atoms with van der Waals surface area (Å²) in [5, 5.41) is 2.84. The van der Waals surface area contributed by atoms with E-state index in [2.05, 4.69) is 5.32 Å². The molecule has 1 saturated heterocycles. The molecule has 1 heterocycles. The van der Waals surface area contributed by atoms with Gasteiger partial charge in [0, 0.05) is 26.2 Å². The van der Waals surface area contributed by atoms with Gasteiger partial charge in [-0.15, -0.1) is 0 Å². The van der Waals surface area contributed by atoms with Crippen LogP contribution in [0, 0.1) is 11.7 Å². The lowest BCUT2D eigenvalue weighted by Crippen LogP contribution is -2.50. The van der Waals surface area contributed by atoms with Crippen molar-refractivity contribution in [2.75, 3.05) is 24.4 Å². The average Bonchev–Trinajstić information content (AvgIpc) is 2.54. The number of halogens is 1. The molecule has 134 valence electrons. The summed E-state index contributed by atoms with van der Waals surface area (Å²) in [5.41, 5.74) is 0.380. The van der Waals surface area contributed by atoms with Gasteiger partial charge >= 0.3 is 10.2 Å². The summed E-state index contributed by atoms with van der Waals surface area (Å²) in [7, 11) is -2.33. The highest BCUT2D eigenvalue weighted by Crippen LogP contribution is 2.24. The first-order valence-corrected chi connectivity index (χ1v) is 9.41. The van der Waals surface area contributed by atoms with Crippen molar-refractivity contribution in [3.05, 3.63) is 30.1 Å². The number of hydrogen-bond acceptors (Lipinski definition) is 3. The van der Waals surface area contributed by atoms with Gasteiger partial charge in [-0.1, -0.05) is 0 Å². The number of nitrogens with zero attached hydrogens (tertiary/aromatic N) is 2. The van der Waals surface area contributed by atoms with Crippen LogP contribution < -0.4 is 9.62 Å². The Hall–Kier alpha value is -1.67. The van der Waals surface area contributed by atoms with Crippen molar-refractivity contribution in [1.29, 1.82) is 0 Å². The van der Waals surface area contributed by atoms with Crippen molar-refractivity contribution in [1.82, 2.24) is 9.62 Å². The molecule has 1 amide bonds. The van der Waals surface area contributed by atoms with Crippen LogP contribution in [0.3, 0.4) is 0 Å². The molecular weight excluding hydrogens is 333 g/mol. The molecule has 0 aromatic heterocycles. The van der Waals surface area contributed by atoms with E-state index >= 15 is 0 Å². The van der Waals surface area contributed by atoms with Gasteiger partial charge in [-0.05, 0) is 51.0 Å². The normalized spacial score (nSPS) is 19.3. The number of hydrogen-bond donors (Lipinski definition) is 1. The monoisotopic (exact) mass is 357 g/mol. The summed E-state index contributed by atoms with van der Waals surface area (Å²) in [6.45, 7) is 4.28. The molecule has 1 atom stereocenters. The predicted octanol–water partition coefficient (Wildman–Crippen LogP) is 1.74. The number of rotatable bonds is 5. The molecule has 0 bridgehead atoms. The van der Waals surface area contributed by atoms with Crippen LogP contribution in [0.2, 0.25) is 0 Å². The number of nitrogens with one attached hydrogen (secondary N) is 1. The second kappa shape index (κ2) is 7.48. The number of amides is 1. The highest BCUT2D eigenvalue weighted by Gasteiger charge is 2.34. The van der Waals surface area contributed by atoms with Gasteiger partial charge in [-0.3, -0.25) is 9.10 Å². The molecule has 1 aliphatic heterocycles. The highest BCUT2D eigenvalue weighted by atomic mass is 32.2. The Morgan fingerprint density at radius 1 is 1.33 bits per heavy atom. The minimum absolute atomic E-state index is 0.0198. The van der Waals surface area contributed by atoms with Gasteiger partial charge in [0.15, 0.2) is 0 Å². The van der Waals surface area contributed by atoms with Crippen LogP contribution in [0.5, 0.6) is 0 Å². The van der Waals surface area contributed by atoms with Crippen molar-refractivity contribution in [2.45, 2.75) is 32.7 Å². The first-order chi connectivity index (χ1) is 11.2. The lowest BCUT2D eigenvalue weighted by Gasteiger charge is -2.34. The topological polar surface area (TPSA) is 69.7 Å². The minimum atomic E-state index is -3.76. The molecule has 1 aliphatic rings. The summed E-state index contributed by atoms with van der Waals surface area (Å²) in [4.78, 5) is 12.2. The molecule has 1 aromatic carbocycles. The zero-order valence-electron chi connectivity index (χ0n) is 14.2. The largest absolute Gasteiger partial charge is 0.354 e. The van der Waals surface area contributed by atoms with Crippen molar-refractivity contribution in [3.63, 3.8) is 0 Å². The second-order valence-corrected chi connectivity index (χ2v) is 8.27. The van der Waals surface area contributed by atoms with E-state index in [0.29, 0.717) is 25.1 Å². The van der Waals surface area contributed by atoms with E-state index in [1.165, 1.54) is 35.6 Å². The first-order valence-electron chi connectivity index (χ1n) is 8.01. The van der Waals surface area contributed by atoms with Crippen LogP contribution in [-0.2, 0) is 15.0 Å². The van der Waals surface area contributed by atoms with E-state index in [1.807, 2.05) is 13.8 Å². The van der Waals surface area contributed by atoms with E-state index in [4.69, 9.17) is 0 Å². The summed E-state index contributed by atoms with van der Waals surface area (Å²) in [6.07, 6.45) is 1.30. The Kier molecular flexibility index (Phi) is 5.82. The van der Waals surface area contributed by atoms with E-state index in [9.17, 15) is 17.6 Å². The molecular formula is C16H24FN3O3S. The predicted molar refractivity (Wildman–Crippen MR) is 91.3 cm³/mol. The molecule has 0 spiro atoms. The Morgan fingerprint density at radius 2 is 1.96 bits per heavy atom. The van der Waals surface area contributed by atoms with E-state index in [0.717, 1.165) is 4.31 Å². The fourth-order valence-corrected chi connectivity index (χ4v) is 4.19. The lowest BCUT2D eigenvalue weighted by molar-refractivity contribution is -0.126. The molecule has 6 nitrogen and oxygen atoms in total.